The van der Waals surface area contributed by atoms with E-state index in [9.17, 15) is 4.79 Å². The smallest absolute Gasteiger partial charge is 0.410 e. The Balaban J connectivity index is 1.98. The molecule has 1 aromatic rings. The van der Waals surface area contributed by atoms with E-state index in [4.69, 9.17) is 9.47 Å². The molecule has 118 valence electrons. The van der Waals surface area contributed by atoms with E-state index in [1.54, 1.807) is 15.8 Å². The summed E-state index contributed by atoms with van der Waals surface area (Å²) < 4.78 is 13.8. The second-order valence-corrected chi connectivity index (χ2v) is 7.13. The molecule has 2 rings (SSSR count). The van der Waals surface area contributed by atoms with Gasteiger partial charge in [-0.25, -0.2) is 4.79 Å². The Morgan fingerprint density at radius 2 is 2.14 bits per heavy atom. The zero-order chi connectivity index (χ0) is 15.8. The van der Waals surface area contributed by atoms with Gasteiger partial charge < -0.3 is 14.4 Å². The molecule has 2 atom stereocenters. The van der Waals surface area contributed by atoms with E-state index < -0.39 is 5.60 Å². The number of aromatic nitrogens is 2. The summed E-state index contributed by atoms with van der Waals surface area (Å²) in [6.07, 6.45) is 2.12. The largest absolute Gasteiger partial charge is 0.484 e. The van der Waals surface area contributed by atoms with Gasteiger partial charge in [-0.2, -0.15) is 5.10 Å². The van der Waals surface area contributed by atoms with Crippen molar-refractivity contribution in [3.8, 4) is 5.75 Å². The minimum absolute atomic E-state index is 0.0481. The first-order valence-electron chi connectivity index (χ1n) is 7.01. The van der Waals surface area contributed by atoms with Crippen molar-refractivity contribution in [2.75, 3.05) is 6.54 Å². The first kappa shape index (κ1) is 16.1. The molecule has 21 heavy (non-hydrogen) atoms. The van der Waals surface area contributed by atoms with Gasteiger partial charge in [0.2, 0.25) is 0 Å². The molecule has 1 aliphatic heterocycles. The van der Waals surface area contributed by atoms with Gasteiger partial charge in [-0.15, -0.1) is 0 Å². The molecule has 2 heterocycles. The Hall–Kier alpha value is -1.24. The molecule has 0 N–H and O–H groups in total. The summed E-state index contributed by atoms with van der Waals surface area (Å²) >= 11 is 3.43. The number of hydrogen-bond acceptors (Lipinski definition) is 4. The Morgan fingerprint density at radius 1 is 1.48 bits per heavy atom. The summed E-state index contributed by atoms with van der Waals surface area (Å²) in [5.74, 6) is 0.695. The molecule has 1 aliphatic rings. The number of rotatable bonds is 2. The number of halogens is 1. The third-order valence-corrected chi connectivity index (χ3v) is 4.20. The van der Waals surface area contributed by atoms with Gasteiger partial charge in [-0.3, -0.25) is 4.68 Å². The number of amides is 1. The molecule has 0 unspecified atom stereocenters. The molecule has 0 saturated carbocycles. The number of nitrogens with zero attached hydrogens (tertiary/aromatic N) is 3. The summed E-state index contributed by atoms with van der Waals surface area (Å²) in [6, 6.07) is 0.0975. The van der Waals surface area contributed by atoms with Gasteiger partial charge in [0, 0.05) is 19.5 Å². The van der Waals surface area contributed by atoms with Gasteiger partial charge in [0.1, 0.15) is 16.3 Å². The third-order valence-electron chi connectivity index (χ3n) is 3.29. The lowest BCUT2D eigenvalue weighted by Crippen LogP contribution is -2.39. The standard InChI is InChI=1S/C14H22BrN3O3/c1-9-6-10(20-11-7-16-17(5)12(11)15)8-18(9)13(19)21-14(2,3)4/h7,9-10H,6,8H2,1-5H3/t9-,10-/m0/s1. The van der Waals surface area contributed by atoms with Gasteiger partial charge in [0.25, 0.3) is 0 Å². The molecule has 1 saturated heterocycles. The number of ether oxygens (including phenoxy) is 2. The highest BCUT2D eigenvalue weighted by atomic mass is 79.9. The van der Waals surface area contributed by atoms with Crippen LogP contribution in [0.3, 0.4) is 0 Å². The molecule has 1 aromatic heterocycles. The molecule has 0 spiro atoms. The molecular formula is C14H22BrN3O3. The minimum Gasteiger partial charge on any atom is -0.484 e. The Kier molecular flexibility index (Phi) is 4.51. The van der Waals surface area contributed by atoms with Gasteiger partial charge in [-0.05, 0) is 43.6 Å². The number of likely N-dealkylation sites (tertiary alicyclic amines) is 1. The second-order valence-electron chi connectivity index (χ2n) is 6.38. The second kappa shape index (κ2) is 5.87. The van der Waals surface area contributed by atoms with Crippen molar-refractivity contribution in [1.82, 2.24) is 14.7 Å². The lowest BCUT2D eigenvalue weighted by atomic mass is 10.2. The van der Waals surface area contributed by atoms with Crippen LogP contribution in [0.5, 0.6) is 5.75 Å². The van der Waals surface area contributed by atoms with Crippen molar-refractivity contribution in [2.45, 2.75) is 51.9 Å². The maximum absolute atomic E-state index is 12.2. The average Bonchev–Trinajstić information content (AvgIpc) is 2.85. The van der Waals surface area contributed by atoms with Crippen molar-refractivity contribution in [2.24, 2.45) is 7.05 Å². The van der Waals surface area contributed by atoms with Crippen LogP contribution in [-0.4, -0.2) is 45.1 Å². The zero-order valence-electron chi connectivity index (χ0n) is 13.1. The summed E-state index contributed by atoms with van der Waals surface area (Å²) in [5, 5.41) is 4.12. The topological polar surface area (TPSA) is 56.6 Å². The summed E-state index contributed by atoms with van der Waals surface area (Å²) in [6.45, 7) is 8.13. The molecule has 0 aliphatic carbocycles. The van der Waals surface area contributed by atoms with E-state index in [-0.39, 0.29) is 18.2 Å². The van der Waals surface area contributed by atoms with Gasteiger partial charge in [0.05, 0.1) is 12.7 Å². The van der Waals surface area contributed by atoms with Crippen LogP contribution in [0.1, 0.15) is 34.1 Å². The molecule has 1 amide bonds. The van der Waals surface area contributed by atoms with Crippen LogP contribution >= 0.6 is 15.9 Å². The number of carbonyl (C=O) groups is 1. The highest BCUT2D eigenvalue weighted by Crippen LogP contribution is 2.29. The van der Waals surface area contributed by atoms with Crippen molar-refractivity contribution in [3.63, 3.8) is 0 Å². The van der Waals surface area contributed by atoms with Crippen LogP contribution in [0.25, 0.3) is 0 Å². The monoisotopic (exact) mass is 359 g/mol. The third kappa shape index (κ3) is 3.90. The van der Waals surface area contributed by atoms with E-state index in [0.29, 0.717) is 12.3 Å². The lowest BCUT2D eigenvalue weighted by Gasteiger charge is -2.26. The van der Waals surface area contributed by atoms with Crippen LogP contribution < -0.4 is 4.74 Å². The van der Waals surface area contributed by atoms with Crippen LogP contribution in [0.15, 0.2) is 10.8 Å². The maximum atomic E-state index is 12.2. The normalized spacial score (nSPS) is 22.5. The first-order valence-corrected chi connectivity index (χ1v) is 7.80. The fourth-order valence-electron chi connectivity index (χ4n) is 2.30. The zero-order valence-corrected chi connectivity index (χ0v) is 14.7. The van der Waals surface area contributed by atoms with E-state index in [1.807, 2.05) is 34.7 Å². The van der Waals surface area contributed by atoms with Gasteiger partial charge in [0.15, 0.2) is 5.75 Å². The predicted octanol–water partition coefficient (Wildman–Crippen LogP) is 2.96. The Labute approximate surface area is 133 Å². The van der Waals surface area contributed by atoms with Crippen molar-refractivity contribution < 1.29 is 14.3 Å². The number of carbonyl (C=O) groups excluding carboxylic acids is 1. The minimum atomic E-state index is -0.484. The Morgan fingerprint density at radius 3 is 2.67 bits per heavy atom. The number of aryl methyl sites for hydroxylation is 1. The van der Waals surface area contributed by atoms with E-state index in [2.05, 4.69) is 21.0 Å². The number of hydrogen-bond donors (Lipinski definition) is 0. The summed E-state index contributed by atoms with van der Waals surface area (Å²) in [7, 11) is 1.83. The maximum Gasteiger partial charge on any atom is 0.410 e. The predicted molar refractivity (Wildman–Crippen MR) is 82.3 cm³/mol. The van der Waals surface area contributed by atoms with Gasteiger partial charge in [-0.1, -0.05) is 0 Å². The molecule has 0 radical (unpaired) electrons. The van der Waals surface area contributed by atoms with Crippen molar-refractivity contribution >= 4 is 22.0 Å². The Bertz CT molecular complexity index is 524. The van der Waals surface area contributed by atoms with E-state index in [1.165, 1.54) is 0 Å². The molecule has 0 aromatic carbocycles. The van der Waals surface area contributed by atoms with Crippen molar-refractivity contribution in [3.05, 3.63) is 10.8 Å². The fraction of sp³-hybridized carbons (Fsp3) is 0.714. The first-order chi connectivity index (χ1) is 9.67. The lowest BCUT2D eigenvalue weighted by molar-refractivity contribution is 0.0224. The van der Waals surface area contributed by atoms with Crippen molar-refractivity contribution in [1.29, 1.82) is 0 Å². The molecule has 6 nitrogen and oxygen atoms in total. The van der Waals surface area contributed by atoms with Crippen LogP contribution in [0.4, 0.5) is 4.79 Å². The molecule has 7 heteroatoms. The van der Waals surface area contributed by atoms with E-state index in [0.717, 1.165) is 11.0 Å². The summed E-state index contributed by atoms with van der Waals surface area (Å²) in [5.41, 5.74) is -0.484. The quantitative estimate of drug-likeness (QED) is 0.814. The van der Waals surface area contributed by atoms with Crippen LogP contribution in [-0.2, 0) is 11.8 Å². The highest BCUT2D eigenvalue weighted by Gasteiger charge is 2.36. The van der Waals surface area contributed by atoms with Crippen LogP contribution in [0.2, 0.25) is 0 Å². The molecular weight excluding hydrogens is 338 g/mol. The van der Waals surface area contributed by atoms with Gasteiger partial charge >= 0.3 is 6.09 Å². The SMILES string of the molecule is C[C@H]1C[C@H](Oc2cnn(C)c2Br)CN1C(=O)OC(C)(C)C. The van der Waals surface area contributed by atoms with E-state index >= 15 is 0 Å². The molecule has 1 fully saturated rings. The molecule has 0 bridgehead atoms. The van der Waals surface area contributed by atoms with Crippen LogP contribution in [0, 0.1) is 0 Å². The average molecular weight is 360 g/mol. The highest BCUT2D eigenvalue weighted by molar-refractivity contribution is 9.10. The fourth-order valence-corrected chi connectivity index (χ4v) is 2.59. The summed E-state index contributed by atoms with van der Waals surface area (Å²) in [4.78, 5) is 13.9.